The first-order valence-corrected chi connectivity index (χ1v) is 8.04. The molecule has 21 heavy (non-hydrogen) atoms. The van der Waals surface area contributed by atoms with E-state index in [-0.39, 0.29) is 0 Å². The Morgan fingerprint density at radius 2 is 2.00 bits per heavy atom. The molecule has 3 nitrogen and oxygen atoms in total. The van der Waals surface area contributed by atoms with Gasteiger partial charge >= 0.3 is 0 Å². The van der Waals surface area contributed by atoms with Crippen LogP contribution in [-0.2, 0) is 0 Å². The Balaban J connectivity index is 1.99. The zero-order valence-corrected chi connectivity index (χ0v) is 13.4. The molecule has 2 rings (SSSR count). The maximum absolute atomic E-state index is 9.55. The van der Waals surface area contributed by atoms with Gasteiger partial charge in [-0.1, -0.05) is 32.9 Å². The standard InChI is InChI=1S/C18H26N2O/c1-4-14(3)15-6-10-17(11-7-15)21-13-18(12-19,20-5-2)16-8-9-16/h6-7,10-11,14,16,20H,4-5,8-9,13H2,1-3H3. The number of nitriles is 1. The van der Waals surface area contributed by atoms with Crippen molar-refractivity contribution < 1.29 is 4.74 Å². The highest BCUT2D eigenvalue weighted by Gasteiger charge is 2.46. The van der Waals surface area contributed by atoms with Gasteiger partial charge in [0.05, 0.1) is 6.07 Å². The van der Waals surface area contributed by atoms with Crippen LogP contribution in [0.5, 0.6) is 5.75 Å². The zero-order valence-electron chi connectivity index (χ0n) is 13.4. The fourth-order valence-corrected chi connectivity index (χ4v) is 2.69. The summed E-state index contributed by atoms with van der Waals surface area (Å²) in [5, 5.41) is 12.9. The van der Waals surface area contributed by atoms with Crippen molar-refractivity contribution in [2.24, 2.45) is 5.92 Å². The monoisotopic (exact) mass is 286 g/mol. The highest BCUT2D eigenvalue weighted by Crippen LogP contribution is 2.39. The molecule has 1 aromatic rings. The number of hydrogen-bond acceptors (Lipinski definition) is 3. The molecule has 0 amide bonds. The normalized spacial score (nSPS) is 18.6. The molecule has 1 N–H and O–H groups in total. The first-order chi connectivity index (χ1) is 10.1. The van der Waals surface area contributed by atoms with Gasteiger partial charge in [-0.3, -0.25) is 5.32 Å². The van der Waals surface area contributed by atoms with Crippen LogP contribution >= 0.6 is 0 Å². The van der Waals surface area contributed by atoms with Gasteiger partial charge in [0.15, 0.2) is 0 Å². The molecule has 2 unspecified atom stereocenters. The molecule has 0 saturated heterocycles. The second-order valence-electron chi connectivity index (χ2n) is 6.05. The second-order valence-corrected chi connectivity index (χ2v) is 6.05. The van der Waals surface area contributed by atoms with Crippen molar-refractivity contribution in [1.29, 1.82) is 5.26 Å². The minimum Gasteiger partial charge on any atom is -0.491 e. The van der Waals surface area contributed by atoms with Crippen LogP contribution in [0.1, 0.15) is 51.5 Å². The summed E-state index contributed by atoms with van der Waals surface area (Å²) < 4.78 is 5.90. The van der Waals surface area contributed by atoms with E-state index in [1.54, 1.807) is 0 Å². The van der Waals surface area contributed by atoms with Crippen molar-refractivity contribution in [3.63, 3.8) is 0 Å². The summed E-state index contributed by atoms with van der Waals surface area (Å²) in [5.74, 6) is 1.85. The van der Waals surface area contributed by atoms with Gasteiger partial charge in [-0.2, -0.15) is 5.26 Å². The summed E-state index contributed by atoms with van der Waals surface area (Å²) in [6.07, 6.45) is 3.38. The molecule has 1 aromatic carbocycles. The van der Waals surface area contributed by atoms with Crippen LogP contribution in [0.4, 0.5) is 0 Å². The lowest BCUT2D eigenvalue weighted by Gasteiger charge is -2.27. The summed E-state index contributed by atoms with van der Waals surface area (Å²) in [6.45, 7) is 7.68. The van der Waals surface area contributed by atoms with E-state index < -0.39 is 5.54 Å². The van der Waals surface area contributed by atoms with Gasteiger partial charge in [0.1, 0.15) is 17.9 Å². The van der Waals surface area contributed by atoms with Gasteiger partial charge < -0.3 is 4.74 Å². The van der Waals surface area contributed by atoms with E-state index in [1.807, 2.05) is 19.1 Å². The second kappa shape index (κ2) is 6.95. The van der Waals surface area contributed by atoms with Gasteiger partial charge in [-0.15, -0.1) is 0 Å². The van der Waals surface area contributed by atoms with Crippen molar-refractivity contribution in [1.82, 2.24) is 5.32 Å². The van der Waals surface area contributed by atoms with Crippen molar-refractivity contribution >= 4 is 0 Å². The molecule has 2 atom stereocenters. The largest absolute Gasteiger partial charge is 0.491 e. The van der Waals surface area contributed by atoms with E-state index in [1.165, 1.54) is 5.56 Å². The summed E-state index contributed by atoms with van der Waals surface area (Å²) in [5.41, 5.74) is 0.815. The fourth-order valence-electron chi connectivity index (χ4n) is 2.69. The maximum Gasteiger partial charge on any atom is 0.143 e. The number of likely N-dealkylation sites (N-methyl/N-ethyl adjacent to an activating group) is 1. The van der Waals surface area contributed by atoms with Gasteiger partial charge in [-0.05, 0) is 55.3 Å². The Morgan fingerprint density at radius 1 is 1.33 bits per heavy atom. The van der Waals surface area contributed by atoms with E-state index in [4.69, 9.17) is 4.74 Å². The van der Waals surface area contributed by atoms with Crippen LogP contribution in [0.3, 0.4) is 0 Å². The zero-order chi connectivity index (χ0) is 15.3. The average Bonchev–Trinajstić information content (AvgIpc) is 3.36. The van der Waals surface area contributed by atoms with Crippen LogP contribution in [0.15, 0.2) is 24.3 Å². The molecule has 0 heterocycles. The lowest BCUT2D eigenvalue weighted by Crippen LogP contribution is -2.50. The summed E-state index contributed by atoms with van der Waals surface area (Å²) in [7, 11) is 0. The third-order valence-corrected chi connectivity index (χ3v) is 4.49. The molecule has 1 aliphatic carbocycles. The molecular formula is C18H26N2O. The third kappa shape index (κ3) is 3.77. The molecule has 0 spiro atoms. The van der Waals surface area contributed by atoms with Crippen molar-refractivity contribution in [2.45, 2.75) is 51.5 Å². The van der Waals surface area contributed by atoms with Gasteiger partial charge in [-0.25, -0.2) is 0 Å². The van der Waals surface area contributed by atoms with E-state index in [2.05, 4.69) is 37.4 Å². The SMILES string of the molecule is CCNC(C#N)(COc1ccc(C(C)CC)cc1)C1CC1. The maximum atomic E-state index is 9.55. The molecule has 114 valence electrons. The van der Waals surface area contributed by atoms with E-state index >= 15 is 0 Å². The van der Waals surface area contributed by atoms with E-state index in [9.17, 15) is 5.26 Å². The summed E-state index contributed by atoms with van der Waals surface area (Å²) in [4.78, 5) is 0. The molecule has 1 fully saturated rings. The van der Waals surface area contributed by atoms with Gasteiger partial charge in [0.2, 0.25) is 0 Å². The van der Waals surface area contributed by atoms with Crippen molar-refractivity contribution in [3.8, 4) is 11.8 Å². The Morgan fingerprint density at radius 3 is 2.48 bits per heavy atom. The predicted octanol–water partition coefficient (Wildman–Crippen LogP) is 3.86. The topological polar surface area (TPSA) is 45.0 Å². The number of nitrogens with zero attached hydrogens (tertiary/aromatic N) is 1. The minimum atomic E-state index is -0.524. The third-order valence-electron chi connectivity index (χ3n) is 4.49. The molecule has 1 aliphatic rings. The lowest BCUT2D eigenvalue weighted by atomic mass is 9.96. The van der Waals surface area contributed by atoms with Crippen LogP contribution < -0.4 is 10.1 Å². The van der Waals surface area contributed by atoms with Gasteiger partial charge in [0.25, 0.3) is 0 Å². The van der Waals surface area contributed by atoms with Gasteiger partial charge in [0, 0.05) is 0 Å². The first kappa shape index (κ1) is 15.9. The Labute approximate surface area is 128 Å². The summed E-state index contributed by atoms with van der Waals surface area (Å²) >= 11 is 0. The molecule has 0 bridgehead atoms. The lowest BCUT2D eigenvalue weighted by molar-refractivity contribution is 0.204. The number of hydrogen-bond donors (Lipinski definition) is 1. The Hall–Kier alpha value is -1.53. The molecule has 0 aliphatic heterocycles. The molecular weight excluding hydrogens is 260 g/mol. The first-order valence-electron chi connectivity index (χ1n) is 8.04. The Bertz CT molecular complexity index is 487. The minimum absolute atomic E-state index is 0.421. The number of benzene rings is 1. The van der Waals surface area contributed by atoms with Crippen LogP contribution in [0, 0.1) is 17.2 Å². The van der Waals surface area contributed by atoms with Crippen molar-refractivity contribution in [2.75, 3.05) is 13.2 Å². The van der Waals surface area contributed by atoms with Crippen LogP contribution in [0.2, 0.25) is 0 Å². The molecule has 0 radical (unpaired) electrons. The predicted molar refractivity (Wildman–Crippen MR) is 85.4 cm³/mol. The highest BCUT2D eigenvalue weighted by molar-refractivity contribution is 5.29. The summed E-state index contributed by atoms with van der Waals surface area (Å²) in [6, 6.07) is 10.7. The molecule has 1 saturated carbocycles. The fraction of sp³-hybridized carbons (Fsp3) is 0.611. The number of nitrogens with one attached hydrogen (secondary N) is 1. The molecule has 3 heteroatoms. The van der Waals surface area contributed by atoms with Crippen LogP contribution in [-0.4, -0.2) is 18.7 Å². The van der Waals surface area contributed by atoms with Crippen LogP contribution in [0.25, 0.3) is 0 Å². The van der Waals surface area contributed by atoms with Crippen molar-refractivity contribution in [3.05, 3.63) is 29.8 Å². The number of rotatable bonds is 8. The number of ether oxygens (including phenoxy) is 1. The van der Waals surface area contributed by atoms with E-state index in [0.717, 1.165) is 31.6 Å². The average molecular weight is 286 g/mol. The smallest absolute Gasteiger partial charge is 0.143 e. The quantitative estimate of drug-likeness (QED) is 0.789. The van der Waals surface area contributed by atoms with E-state index in [0.29, 0.717) is 18.4 Å². The Kier molecular flexibility index (Phi) is 5.25. The molecule has 0 aromatic heterocycles. The highest BCUT2D eigenvalue weighted by atomic mass is 16.5.